The fraction of sp³-hybridized carbons (Fsp3) is 0. The molecule has 11 aromatic rings. The fourth-order valence-corrected chi connectivity index (χ4v) is 11.2. The van der Waals surface area contributed by atoms with Crippen molar-refractivity contribution < 1.29 is 0 Å². The van der Waals surface area contributed by atoms with Crippen LogP contribution in [-0.2, 0) is 0 Å². The van der Waals surface area contributed by atoms with Crippen LogP contribution in [0, 0.1) is 0 Å². The van der Waals surface area contributed by atoms with E-state index in [0.29, 0.717) is 0 Å². The average molecular weight is 675 g/mol. The highest BCUT2D eigenvalue weighted by Gasteiger charge is 2.15. The molecular weight excluding hydrogens is 649 g/mol. The van der Waals surface area contributed by atoms with Crippen LogP contribution in [0.25, 0.3) is 105 Å². The standard InChI is InChI=1S/C46H26S3/c1-2-6-27(7-3-1)42-26-38-21-35(16-17-41(38)47-42)33-13-11-30-18-32(12-10-31(30)19-33)34-14-15-36-23-40-44(25-37(36)20-34)49-45-39-22-28-8-4-5-9-29(28)24-43(39)48-46(40)45/h1-26H. The number of rotatable bonds is 3. The molecule has 3 heterocycles. The first-order valence-corrected chi connectivity index (χ1v) is 19.0. The van der Waals surface area contributed by atoms with E-state index >= 15 is 0 Å². The highest BCUT2D eigenvalue weighted by molar-refractivity contribution is 7.36. The van der Waals surface area contributed by atoms with Crippen LogP contribution in [0.15, 0.2) is 158 Å². The Morgan fingerprint density at radius 2 is 0.735 bits per heavy atom. The minimum Gasteiger partial charge on any atom is -0.135 e. The second-order valence-corrected chi connectivity index (χ2v) is 16.2. The van der Waals surface area contributed by atoms with E-state index in [1.165, 1.54) is 105 Å². The fourth-order valence-electron chi connectivity index (χ4n) is 7.44. The van der Waals surface area contributed by atoms with Crippen molar-refractivity contribution in [2.45, 2.75) is 0 Å². The van der Waals surface area contributed by atoms with Gasteiger partial charge in [-0.25, -0.2) is 0 Å². The minimum atomic E-state index is 1.25. The normalized spacial score (nSPS) is 12.1. The molecule has 3 heteroatoms. The Morgan fingerprint density at radius 3 is 1.37 bits per heavy atom. The highest BCUT2D eigenvalue weighted by Crippen LogP contribution is 2.46. The molecule has 0 nitrogen and oxygen atoms in total. The molecule has 0 fully saturated rings. The topological polar surface area (TPSA) is 0 Å². The number of thiophene rings is 3. The first-order chi connectivity index (χ1) is 24.2. The van der Waals surface area contributed by atoms with Gasteiger partial charge in [0.1, 0.15) is 0 Å². The van der Waals surface area contributed by atoms with Gasteiger partial charge in [0.15, 0.2) is 0 Å². The molecule has 0 aliphatic carbocycles. The summed E-state index contributed by atoms with van der Waals surface area (Å²) in [5, 5.41) is 11.8. The minimum absolute atomic E-state index is 1.25. The van der Waals surface area contributed by atoms with Crippen molar-refractivity contribution >= 4 is 106 Å². The molecule has 3 aromatic heterocycles. The quantitative estimate of drug-likeness (QED) is 0.175. The molecule has 0 radical (unpaired) electrons. The summed E-state index contributed by atoms with van der Waals surface area (Å²) in [6, 6.07) is 58.8. The van der Waals surface area contributed by atoms with Gasteiger partial charge in [-0.15, -0.1) is 34.0 Å². The number of hydrogen-bond donors (Lipinski definition) is 0. The maximum atomic E-state index is 2.40. The first-order valence-electron chi connectivity index (χ1n) is 16.6. The van der Waals surface area contributed by atoms with E-state index in [2.05, 4.69) is 158 Å². The molecule has 0 atom stereocenters. The monoisotopic (exact) mass is 674 g/mol. The molecule has 0 saturated carbocycles. The van der Waals surface area contributed by atoms with Crippen molar-refractivity contribution in [3.05, 3.63) is 158 Å². The van der Waals surface area contributed by atoms with Crippen LogP contribution in [0.3, 0.4) is 0 Å². The molecule has 0 aliphatic rings. The molecule has 49 heavy (non-hydrogen) atoms. The Morgan fingerprint density at radius 1 is 0.265 bits per heavy atom. The highest BCUT2D eigenvalue weighted by atomic mass is 32.1. The van der Waals surface area contributed by atoms with E-state index in [1.54, 1.807) is 0 Å². The first kappa shape index (κ1) is 27.6. The Balaban J connectivity index is 0.941. The van der Waals surface area contributed by atoms with Gasteiger partial charge in [-0.2, -0.15) is 0 Å². The zero-order valence-electron chi connectivity index (χ0n) is 26.2. The third-order valence-corrected chi connectivity index (χ3v) is 13.7. The van der Waals surface area contributed by atoms with E-state index < -0.39 is 0 Å². The zero-order chi connectivity index (χ0) is 32.1. The van der Waals surface area contributed by atoms with Crippen LogP contribution in [0.2, 0.25) is 0 Å². The van der Waals surface area contributed by atoms with Crippen LogP contribution < -0.4 is 0 Å². The third kappa shape index (κ3) is 4.47. The summed E-state index contributed by atoms with van der Waals surface area (Å²) in [6.45, 7) is 0. The Labute approximate surface area is 294 Å². The second-order valence-electron chi connectivity index (χ2n) is 13.0. The lowest BCUT2D eigenvalue weighted by atomic mass is 9.96. The number of fused-ring (bicyclic) bond motifs is 9. The SMILES string of the molecule is c1ccc(-c2cc3cc(-c4ccc5cc(-c6ccc7cc8c(cc7c6)sc6c7cc9ccccc9cc7sc86)ccc5c4)ccc3s2)cc1. The van der Waals surface area contributed by atoms with E-state index in [9.17, 15) is 0 Å². The van der Waals surface area contributed by atoms with Gasteiger partial charge in [-0.1, -0.05) is 97.1 Å². The maximum Gasteiger partial charge on any atom is 0.0542 e. The summed E-state index contributed by atoms with van der Waals surface area (Å²) >= 11 is 5.73. The maximum absolute atomic E-state index is 2.40. The zero-order valence-corrected chi connectivity index (χ0v) is 28.7. The van der Waals surface area contributed by atoms with Crippen molar-refractivity contribution in [2.24, 2.45) is 0 Å². The summed E-state index contributed by atoms with van der Waals surface area (Å²) in [5.41, 5.74) is 6.29. The Hall–Kier alpha value is -5.32. The van der Waals surface area contributed by atoms with Crippen LogP contribution in [0.5, 0.6) is 0 Å². The van der Waals surface area contributed by atoms with Gasteiger partial charge in [0.25, 0.3) is 0 Å². The Kier molecular flexibility index (Phi) is 5.97. The lowest BCUT2D eigenvalue weighted by Gasteiger charge is -2.09. The number of benzene rings is 8. The van der Waals surface area contributed by atoms with Gasteiger partial charge < -0.3 is 0 Å². The molecule has 0 bridgehead atoms. The van der Waals surface area contributed by atoms with Gasteiger partial charge >= 0.3 is 0 Å². The van der Waals surface area contributed by atoms with Crippen molar-refractivity contribution in [1.29, 1.82) is 0 Å². The van der Waals surface area contributed by atoms with Crippen LogP contribution in [0.4, 0.5) is 0 Å². The van der Waals surface area contributed by atoms with Gasteiger partial charge in [-0.05, 0) is 126 Å². The summed E-state index contributed by atoms with van der Waals surface area (Å²) in [4.78, 5) is 1.31. The predicted molar refractivity (Wildman–Crippen MR) is 219 cm³/mol. The van der Waals surface area contributed by atoms with E-state index in [-0.39, 0.29) is 0 Å². The van der Waals surface area contributed by atoms with Crippen molar-refractivity contribution in [3.8, 4) is 32.7 Å². The predicted octanol–water partition coefficient (Wildman–Crippen LogP) is 14.9. The largest absolute Gasteiger partial charge is 0.135 e. The second kappa shape index (κ2) is 10.6. The molecule has 0 saturated heterocycles. The van der Waals surface area contributed by atoms with Crippen molar-refractivity contribution in [2.75, 3.05) is 0 Å². The molecular formula is C46H26S3. The molecule has 0 amide bonds. The third-order valence-electron chi connectivity index (χ3n) is 9.99. The van der Waals surface area contributed by atoms with Crippen molar-refractivity contribution in [3.63, 3.8) is 0 Å². The van der Waals surface area contributed by atoms with E-state index in [0.717, 1.165) is 0 Å². The lowest BCUT2D eigenvalue weighted by Crippen LogP contribution is -1.83. The molecule has 11 rings (SSSR count). The Bertz CT molecular complexity index is 3100. The van der Waals surface area contributed by atoms with Crippen LogP contribution in [0.1, 0.15) is 0 Å². The van der Waals surface area contributed by atoms with Gasteiger partial charge in [-0.3, -0.25) is 0 Å². The summed E-state index contributed by atoms with van der Waals surface area (Å²) < 4.78 is 6.89. The summed E-state index contributed by atoms with van der Waals surface area (Å²) in [7, 11) is 0. The molecule has 0 aliphatic heterocycles. The summed E-state index contributed by atoms with van der Waals surface area (Å²) in [6.07, 6.45) is 0. The molecule has 228 valence electrons. The molecule has 0 N–H and O–H groups in total. The number of hydrogen-bond acceptors (Lipinski definition) is 3. The van der Waals surface area contributed by atoms with Gasteiger partial charge in [0, 0.05) is 29.7 Å². The molecule has 8 aromatic carbocycles. The van der Waals surface area contributed by atoms with Crippen molar-refractivity contribution in [1.82, 2.24) is 0 Å². The average Bonchev–Trinajstić information content (AvgIpc) is 3.84. The van der Waals surface area contributed by atoms with Crippen LogP contribution >= 0.6 is 34.0 Å². The van der Waals surface area contributed by atoms with E-state index in [1.807, 2.05) is 34.0 Å². The van der Waals surface area contributed by atoms with E-state index in [4.69, 9.17) is 0 Å². The van der Waals surface area contributed by atoms with Gasteiger partial charge in [0.05, 0.1) is 9.40 Å². The molecule has 0 unspecified atom stereocenters. The molecule has 0 spiro atoms. The smallest absolute Gasteiger partial charge is 0.0542 e. The van der Waals surface area contributed by atoms with Gasteiger partial charge in [0.2, 0.25) is 0 Å². The lowest BCUT2D eigenvalue weighted by molar-refractivity contribution is 1.66. The summed E-state index contributed by atoms with van der Waals surface area (Å²) in [5.74, 6) is 0. The van der Waals surface area contributed by atoms with Crippen LogP contribution in [-0.4, -0.2) is 0 Å².